The third-order valence-electron chi connectivity index (χ3n) is 6.08. The van der Waals surface area contributed by atoms with Crippen LogP contribution in [0.5, 0.6) is 11.5 Å². The number of aliphatic carboxylic acids is 1. The molecule has 0 aromatic heterocycles. The Bertz CT molecular complexity index is 1050. The molecule has 0 aliphatic carbocycles. The number of esters is 2. The summed E-state index contributed by atoms with van der Waals surface area (Å²) in [5, 5.41) is 51.0. The molecule has 0 unspecified atom stereocenters. The number of allylic oxidation sites excluding steroid dienone is 2. The molecule has 0 saturated carbocycles. The number of benzene rings is 1. The second-order valence-corrected chi connectivity index (χ2v) is 8.38. The normalized spacial score (nSPS) is 26.2. The number of phenols is 1. The van der Waals surface area contributed by atoms with E-state index in [1.807, 2.05) is 0 Å². The van der Waals surface area contributed by atoms with Crippen LogP contribution in [0.25, 0.3) is 0 Å². The molecule has 3 rings (SSSR count). The van der Waals surface area contributed by atoms with Gasteiger partial charge in [0.2, 0.25) is 6.29 Å². The van der Waals surface area contributed by atoms with Gasteiger partial charge >= 0.3 is 11.9 Å². The highest BCUT2D eigenvalue weighted by Crippen LogP contribution is 2.42. The summed E-state index contributed by atoms with van der Waals surface area (Å²) in [5.41, 5.74) is 2.48. The Balaban J connectivity index is 1.63. The van der Waals surface area contributed by atoms with Crippen molar-refractivity contribution in [3.05, 3.63) is 33.9 Å². The summed E-state index contributed by atoms with van der Waals surface area (Å²) >= 11 is 0. The Hall–Kier alpha value is -3.19. The molecule has 2 heterocycles. The summed E-state index contributed by atoms with van der Waals surface area (Å²) in [4.78, 5) is 35.2. The summed E-state index contributed by atoms with van der Waals surface area (Å²) in [6.45, 7) is 3.54. The maximum Gasteiger partial charge on any atom is 0.342 e. The molecule has 192 valence electrons. The molecule has 0 spiro atoms. The number of methoxy groups -OCH3 is 1. The number of carboxylic acid groups (broad SMARTS) is 1. The molecule has 2 aliphatic heterocycles. The van der Waals surface area contributed by atoms with Crippen LogP contribution in [0.1, 0.15) is 46.8 Å². The third kappa shape index (κ3) is 5.25. The predicted molar refractivity (Wildman–Crippen MR) is 113 cm³/mol. The smallest absolute Gasteiger partial charge is 0.342 e. The first-order valence-electron chi connectivity index (χ1n) is 10.8. The summed E-state index contributed by atoms with van der Waals surface area (Å²) in [6.07, 6.45) is -7.56. The van der Waals surface area contributed by atoms with Gasteiger partial charge in [-0.3, -0.25) is 4.79 Å². The van der Waals surface area contributed by atoms with E-state index in [0.717, 1.165) is 5.57 Å². The molecule has 1 fully saturated rings. The molecule has 0 radical (unpaired) electrons. The minimum absolute atomic E-state index is 0.0558. The highest BCUT2D eigenvalue weighted by molar-refractivity contribution is 5.98. The Morgan fingerprint density at radius 1 is 1.17 bits per heavy atom. The minimum atomic E-state index is -1.98. The van der Waals surface area contributed by atoms with Gasteiger partial charge in [-0.05, 0) is 32.3 Å². The van der Waals surface area contributed by atoms with Crippen LogP contribution < -0.4 is 9.84 Å². The first kappa shape index (κ1) is 26.4. The van der Waals surface area contributed by atoms with Gasteiger partial charge in [0.05, 0.1) is 13.1 Å². The number of aliphatic hydroxyl groups excluding tert-OH is 3. The average Bonchev–Trinajstić information content (AvgIpc) is 3.21. The molecular weight excluding hydrogens is 468 g/mol. The highest BCUT2D eigenvalue weighted by atomic mass is 16.7. The summed E-state index contributed by atoms with van der Waals surface area (Å²) in [6, 6.07) is 0. The lowest BCUT2D eigenvalue weighted by atomic mass is 9.94. The molecule has 1 saturated heterocycles. The number of aromatic hydroxyl groups is 1. The zero-order valence-electron chi connectivity index (χ0n) is 19.3. The van der Waals surface area contributed by atoms with Gasteiger partial charge in [-0.2, -0.15) is 0 Å². The van der Waals surface area contributed by atoms with Gasteiger partial charge in [0.15, 0.2) is 0 Å². The van der Waals surface area contributed by atoms with Crippen molar-refractivity contribution in [2.45, 2.75) is 70.4 Å². The minimum Gasteiger partial charge on any atom is -0.547 e. The maximum atomic E-state index is 12.2. The van der Waals surface area contributed by atoms with Gasteiger partial charge in [-0.1, -0.05) is 11.6 Å². The fraction of sp³-hybridized carbons (Fsp3) is 0.522. The number of carbonyl (C=O) groups excluding carboxylic acids is 3. The number of hydrogen-bond donors (Lipinski definition) is 4. The molecule has 35 heavy (non-hydrogen) atoms. The van der Waals surface area contributed by atoms with Crippen molar-refractivity contribution >= 4 is 17.9 Å². The van der Waals surface area contributed by atoms with Gasteiger partial charge in [0.25, 0.3) is 0 Å². The number of cyclic esters (lactones) is 1. The zero-order chi connectivity index (χ0) is 26.0. The Kier molecular flexibility index (Phi) is 8.00. The van der Waals surface area contributed by atoms with Gasteiger partial charge in [-0.15, -0.1) is 0 Å². The van der Waals surface area contributed by atoms with E-state index in [2.05, 4.69) is 0 Å². The number of ether oxygens (including phenoxy) is 4. The third-order valence-corrected chi connectivity index (χ3v) is 6.08. The van der Waals surface area contributed by atoms with Crippen LogP contribution >= 0.6 is 0 Å². The lowest BCUT2D eigenvalue weighted by molar-refractivity contribution is -0.346. The van der Waals surface area contributed by atoms with Crippen LogP contribution in [0, 0.1) is 6.92 Å². The van der Waals surface area contributed by atoms with Crippen LogP contribution in [0.15, 0.2) is 11.6 Å². The van der Waals surface area contributed by atoms with Crippen LogP contribution in [0.2, 0.25) is 0 Å². The van der Waals surface area contributed by atoms with Crippen molar-refractivity contribution in [1.29, 1.82) is 0 Å². The van der Waals surface area contributed by atoms with Crippen LogP contribution in [-0.2, 0) is 36.8 Å². The SMILES string of the molecule is COc1c(C)c2c(c(O)c1C/C=C(\C)CCC(=O)O[C@@H]1O[C@H](C(=O)[O-])[C@@H](O)[C@H](O)[C@H]1O)C(=O)OC2. The van der Waals surface area contributed by atoms with Gasteiger partial charge in [0, 0.05) is 17.5 Å². The first-order chi connectivity index (χ1) is 16.5. The molecule has 5 atom stereocenters. The second-order valence-electron chi connectivity index (χ2n) is 8.38. The number of rotatable bonds is 8. The van der Waals surface area contributed by atoms with Crippen LogP contribution in [0.4, 0.5) is 0 Å². The number of carbonyl (C=O) groups is 3. The standard InChI is InChI=1S/C23H28O12/c1-9(4-6-11-15(25)14-12(8-33-22(14)31)10(2)19(11)32-3)5-7-13(24)34-23-18(28)16(26)17(27)20(35-23)21(29)30/h4,16-18,20,23,25-28H,5-8H2,1-3H3,(H,29,30)/p-1/b9-4+/t16-,17-,18+,20-,23+/m0/s1. The topological polar surface area (TPSA) is 192 Å². The van der Waals surface area contributed by atoms with E-state index in [0.29, 0.717) is 22.4 Å². The molecule has 4 N–H and O–H groups in total. The van der Waals surface area contributed by atoms with E-state index < -0.39 is 48.6 Å². The molecule has 12 heteroatoms. The van der Waals surface area contributed by atoms with Crippen molar-refractivity contribution < 1.29 is 58.9 Å². The molecule has 0 bridgehead atoms. The number of hydrogen-bond acceptors (Lipinski definition) is 12. The fourth-order valence-corrected chi connectivity index (χ4v) is 4.03. The molecule has 1 aromatic carbocycles. The molecular formula is C23H27O12-. The first-order valence-corrected chi connectivity index (χ1v) is 10.8. The predicted octanol–water partition coefficient (Wildman–Crippen LogP) is -1.25. The maximum absolute atomic E-state index is 12.2. The lowest BCUT2D eigenvalue weighted by Crippen LogP contribution is -2.62. The van der Waals surface area contributed by atoms with Crippen molar-refractivity contribution in [2.24, 2.45) is 0 Å². The van der Waals surface area contributed by atoms with E-state index in [1.165, 1.54) is 7.11 Å². The molecule has 2 aliphatic rings. The second kappa shape index (κ2) is 10.6. The van der Waals surface area contributed by atoms with Crippen molar-refractivity contribution in [3.8, 4) is 11.5 Å². The number of phenolic OH excluding ortho intramolecular Hbond substituents is 1. The van der Waals surface area contributed by atoms with Gasteiger partial charge < -0.3 is 49.3 Å². The van der Waals surface area contributed by atoms with E-state index in [-0.39, 0.29) is 37.2 Å². The van der Waals surface area contributed by atoms with Gasteiger partial charge in [-0.25, -0.2) is 4.79 Å². The summed E-state index contributed by atoms with van der Waals surface area (Å²) in [5.74, 6) is -3.09. The number of fused-ring (bicyclic) bond motifs is 1. The molecule has 1 aromatic rings. The fourth-order valence-electron chi connectivity index (χ4n) is 4.03. The van der Waals surface area contributed by atoms with Crippen molar-refractivity contribution in [3.63, 3.8) is 0 Å². The van der Waals surface area contributed by atoms with E-state index in [1.54, 1.807) is 19.9 Å². The number of carboxylic acids is 1. The van der Waals surface area contributed by atoms with Crippen LogP contribution in [-0.4, -0.2) is 76.1 Å². The summed E-state index contributed by atoms with van der Waals surface area (Å²) in [7, 11) is 1.45. The Morgan fingerprint density at radius 3 is 2.49 bits per heavy atom. The number of aliphatic hydroxyl groups is 3. The monoisotopic (exact) mass is 495 g/mol. The lowest BCUT2D eigenvalue weighted by Gasteiger charge is -2.40. The van der Waals surface area contributed by atoms with E-state index in [4.69, 9.17) is 18.9 Å². The van der Waals surface area contributed by atoms with Crippen LogP contribution in [0.3, 0.4) is 0 Å². The largest absolute Gasteiger partial charge is 0.547 e. The molecule has 0 amide bonds. The quantitative estimate of drug-likeness (QED) is 0.248. The zero-order valence-corrected chi connectivity index (χ0v) is 19.3. The highest BCUT2D eigenvalue weighted by Gasteiger charge is 2.46. The average molecular weight is 495 g/mol. The van der Waals surface area contributed by atoms with E-state index >= 15 is 0 Å². The Morgan fingerprint density at radius 2 is 1.86 bits per heavy atom. The van der Waals surface area contributed by atoms with Gasteiger partial charge in [0.1, 0.15) is 48.1 Å². The van der Waals surface area contributed by atoms with E-state index in [9.17, 15) is 39.9 Å². The van der Waals surface area contributed by atoms with Crippen molar-refractivity contribution in [2.75, 3.05) is 7.11 Å². The summed E-state index contributed by atoms with van der Waals surface area (Å²) < 4.78 is 20.2. The Labute approximate surface area is 200 Å². The van der Waals surface area contributed by atoms with Crippen molar-refractivity contribution in [1.82, 2.24) is 0 Å². The molecule has 12 nitrogen and oxygen atoms in total.